The molecule has 2 rings (SSSR count). The van der Waals surface area contributed by atoms with Crippen LogP contribution in [0.1, 0.15) is 24.8 Å². The number of rotatable bonds is 6. The normalized spacial score (nSPS) is 18.3. The summed E-state index contributed by atoms with van der Waals surface area (Å²) in [5.74, 6) is 0. The van der Waals surface area contributed by atoms with Crippen LogP contribution in [0.5, 0.6) is 0 Å². The lowest BCUT2D eigenvalue weighted by Crippen LogP contribution is -2.37. The highest BCUT2D eigenvalue weighted by atomic mass is 79.9. The fourth-order valence-corrected chi connectivity index (χ4v) is 3.45. The van der Waals surface area contributed by atoms with Crippen LogP contribution in [0.2, 0.25) is 0 Å². The van der Waals surface area contributed by atoms with E-state index in [1.807, 2.05) is 0 Å². The molecular weight excluding hydrogens is 312 g/mol. The number of hydrogen-bond acceptors (Lipinski definition) is 4. The van der Waals surface area contributed by atoms with Gasteiger partial charge in [0.15, 0.2) is 0 Å². The minimum absolute atomic E-state index is 0.0589. The summed E-state index contributed by atoms with van der Waals surface area (Å²) in [4.78, 5) is 2.45. The fraction of sp³-hybridized carbons (Fsp3) is 0.692. The maximum absolute atomic E-state index is 9.42. The Morgan fingerprint density at radius 3 is 2.89 bits per heavy atom. The molecule has 102 valence electrons. The Bertz CT molecular complexity index is 351. The Labute approximate surface area is 121 Å². The molecule has 0 unspecified atom stereocenters. The van der Waals surface area contributed by atoms with Crippen molar-refractivity contribution in [2.24, 2.45) is 0 Å². The molecule has 0 atom stereocenters. The number of nitrogens with zero attached hydrogens (tertiary/aromatic N) is 1. The average molecular weight is 333 g/mol. The number of likely N-dealkylation sites (tertiary alicyclic amines) is 1. The molecule has 18 heavy (non-hydrogen) atoms. The summed E-state index contributed by atoms with van der Waals surface area (Å²) in [6.45, 7) is 5.28. The first-order valence-electron chi connectivity index (χ1n) is 6.58. The smallest absolute Gasteiger partial charge is 0.0701 e. The Morgan fingerprint density at radius 1 is 1.44 bits per heavy atom. The SMILES string of the molecule is OC1CCN(CCCNCc2csc(Br)c2)CC1. The van der Waals surface area contributed by atoms with Gasteiger partial charge < -0.3 is 15.3 Å². The summed E-state index contributed by atoms with van der Waals surface area (Å²) < 4.78 is 1.20. The van der Waals surface area contributed by atoms with Crippen LogP contribution in [0.25, 0.3) is 0 Å². The second-order valence-electron chi connectivity index (χ2n) is 4.86. The third-order valence-corrected chi connectivity index (χ3v) is 4.89. The van der Waals surface area contributed by atoms with Crippen molar-refractivity contribution in [3.05, 3.63) is 20.8 Å². The quantitative estimate of drug-likeness (QED) is 0.785. The standard InChI is InChI=1S/C13H21BrN2OS/c14-13-8-11(10-18-13)9-15-4-1-5-16-6-2-12(17)3-7-16/h8,10,12,15,17H,1-7,9H2. The first-order valence-corrected chi connectivity index (χ1v) is 8.25. The molecule has 3 nitrogen and oxygen atoms in total. The predicted molar refractivity (Wildman–Crippen MR) is 80.0 cm³/mol. The zero-order chi connectivity index (χ0) is 12.8. The van der Waals surface area contributed by atoms with Gasteiger partial charge in [-0.05, 0) is 65.3 Å². The number of aliphatic hydroxyl groups excluding tert-OH is 1. The van der Waals surface area contributed by atoms with E-state index in [1.54, 1.807) is 11.3 Å². The molecule has 1 aromatic heterocycles. The van der Waals surface area contributed by atoms with Crippen LogP contribution in [-0.4, -0.2) is 42.3 Å². The molecule has 5 heteroatoms. The third kappa shape index (κ3) is 4.97. The Kier molecular flexibility index (Phi) is 6.11. The van der Waals surface area contributed by atoms with E-state index in [0.29, 0.717) is 0 Å². The van der Waals surface area contributed by atoms with Gasteiger partial charge in [-0.25, -0.2) is 0 Å². The topological polar surface area (TPSA) is 35.5 Å². The highest BCUT2D eigenvalue weighted by Crippen LogP contribution is 2.20. The maximum atomic E-state index is 9.42. The van der Waals surface area contributed by atoms with Gasteiger partial charge in [0.25, 0.3) is 0 Å². The Balaban J connectivity index is 1.51. The zero-order valence-electron chi connectivity index (χ0n) is 10.6. The van der Waals surface area contributed by atoms with E-state index in [-0.39, 0.29) is 6.10 Å². The summed E-state index contributed by atoms with van der Waals surface area (Å²) in [5, 5.41) is 15.1. The number of aliphatic hydroxyl groups is 1. The van der Waals surface area contributed by atoms with E-state index in [0.717, 1.165) is 45.6 Å². The van der Waals surface area contributed by atoms with Gasteiger partial charge in [-0.3, -0.25) is 0 Å². The van der Waals surface area contributed by atoms with E-state index < -0.39 is 0 Å². The largest absolute Gasteiger partial charge is 0.393 e. The summed E-state index contributed by atoms with van der Waals surface area (Å²) in [6.07, 6.45) is 3.00. The average Bonchev–Trinajstić information content (AvgIpc) is 2.77. The van der Waals surface area contributed by atoms with Crippen molar-refractivity contribution >= 4 is 27.3 Å². The van der Waals surface area contributed by atoms with E-state index >= 15 is 0 Å². The van der Waals surface area contributed by atoms with Crippen molar-refractivity contribution in [3.8, 4) is 0 Å². The third-order valence-electron chi connectivity index (χ3n) is 3.34. The van der Waals surface area contributed by atoms with Crippen molar-refractivity contribution in [2.75, 3.05) is 26.2 Å². The molecule has 0 aromatic carbocycles. The Hall–Kier alpha value is 0.0600. The van der Waals surface area contributed by atoms with Gasteiger partial charge in [0.1, 0.15) is 0 Å². The zero-order valence-corrected chi connectivity index (χ0v) is 13.0. The van der Waals surface area contributed by atoms with E-state index in [1.165, 1.54) is 15.8 Å². The molecule has 0 radical (unpaired) electrons. The number of thiophene rings is 1. The van der Waals surface area contributed by atoms with Crippen LogP contribution in [0.4, 0.5) is 0 Å². The molecular formula is C13H21BrN2OS. The highest BCUT2D eigenvalue weighted by Gasteiger charge is 2.15. The molecule has 0 saturated carbocycles. The van der Waals surface area contributed by atoms with Gasteiger partial charge >= 0.3 is 0 Å². The van der Waals surface area contributed by atoms with Gasteiger partial charge in [0.2, 0.25) is 0 Å². The number of halogens is 1. The molecule has 1 aromatic rings. The predicted octanol–water partition coefficient (Wildman–Crippen LogP) is 2.45. The fourth-order valence-electron chi connectivity index (χ4n) is 2.24. The first-order chi connectivity index (χ1) is 8.74. The van der Waals surface area contributed by atoms with Crippen LogP contribution in [0.15, 0.2) is 15.2 Å². The molecule has 0 bridgehead atoms. The van der Waals surface area contributed by atoms with Gasteiger partial charge in [-0.15, -0.1) is 11.3 Å². The number of nitrogens with one attached hydrogen (secondary N) is 1. The number of hydrogen-bond donors (Lipinski definition) is 2. The first kappa shape index (κ1) is 14.5. The van der Waals surface area contributed by atoms with Gasteiger partial charge in [0.05, 0.1) is 9.89 Å². The second-order valence-corrected chi connectivity index (χ2v) is 7.15. The molecule has 1 aliphatic rings. The molecule has 1 fully saturated rings. The minimum atomic E-state index is -0.0589. The second kappa shape index (κ2) is 7.60. The lowest BCUT2D eigenvalue weighted by Gasteiger charge is -2.29. The van der Waals surface area contributed by atoms with Crippen molar-refractivity contribution in [1.82, 2.24) is 10.2 Å². The maximum Gasteiger partial charge on any atom is 0.0701 e. The molecule has 0 spiro atoms. The monoisotopic (exact) mass is 332 g/mol. The summed E-state index contributed by atoms with van der Waals surface area (Å²) in [5.41, 5.74) is 1.35. The van der Waals surface area contributed by atoms with Crippen LogP contribution in [0, 0.1) is 0 Å². The van der Waals surface area contributed by atoms with Gasteiger partial charge in [0, 0.05) is 19.6 Å². The van der Waals surface area contributed by atoms with Gasteiger partial charge in [-0.2, -0.15) is 0 Å². The Morgan fingerprint density at radius 2 is 2.22 bits per heavy atom. The van der Waals surface area contributed by atoms with Crippen LogP contribution in [-0.2, 0) is 6.54 Å². The van der Waals surface area contributed by atoms with E-state index in [9.17, 15) is 5.11 Å². The van der Waals surface area contributed by atoms with Gasteiger partial charge in [-0.1, -0.05) is 0 Å². The number of piperidine rings is 1. The van der Waals surface area contributed by atoms with Crippen molar-refractivity contribution in [2.45, 2.75) is 31.9 Å². The lowest BCUT2D eigenvalue weighted by atomic mass is 10.1. The summed E-state index contributed by atoms with van der Waals surface area (Å²) in [7, 11) is 0. The molecule has 2 heterocycles. The van der Waals surface area contributed by atoms with Crippen LogP contribution < -0.4 is 5.32 Å². The van der Waals surface area contributed by atoms with Crippen LogP contribution in [0.3, 0.4) is 0 Å². The van der Waals surface area contributed by atoms with Crippen molar-refractivity contribution in [1.29, 1.82) is 0 Å². The van der Waals surface area contributed by atoms with E-state index in [4.69, 9.17) is 0 Å². The summed E-state index contributed by atoms with van der Waals surface area (Å²) in [6, 6.07) is 2.17. The highest BCUT2D eigenvalue weighted by molar-refractivity contribution is 9.11. The molecule has 0 aliphatic carbocycles. The molecule has 2 N–H and O–H groups in total. The molecule has 1 aliphatic heterocycles. The minimum Gasteiger partial charge on any atom is -0.393 e. The van der Waals surface area contributed by atoms with Crippen LogP contribution >= 0.6 is 27.3 Å². The van der Waals surface area contributed by atoms with Crippen molar-refractivity contribution < 1.29 is 5.11 Å². The summed E-state index contributed by atoms with van der Waals surface area (Å²) >= 11 is 5.21. The van der Waals surface area contributed by atoms with E-state index in [2.05, 4.69) is 37.6 Å². The van der Waals surface area contributed by atoms with Crippen molar-refractivity contribution in [3.63, 3.8) is 0 Å². The molecule has 1 saturated heterocycles. The lowest BCUT2D eigenvalue weighted by molar-refractivity contribution is 0.0821. The molecule has 0 amide bonds.